The number of nitrogens with zero attached hydrogens (tertiary/aromatic N) is 2. The molecular weight excluding hydrogens is 258 g/mol. The van der Waals surface area contributed by atoms with Crippen LogP contribution >= 0.6 is 24.0 Å². The van der Waals surface area contributed by atoms with Crippen molar-refractivity contribution in [1.29, 1.82) is 0 Å². The van der Waals surface area contributed by atoms with Crippen molar-refractivity contribution in [2.75, 3.05) is 0 Å². The first-order valence-corrected chi connectivity index (χ1v) is 6.23. The molecule has 5 nitrogen and oxygen atoms in total. The number of nitrogens with one attached hydrogen (secondary N) is 1. The van der Waals surface area contributed by atoms with Gasteiger partial charge in [0.05, 0.1) is 5.75 Å². The Kier molecular flexibility index (Phi) is 2.69. The largest absolute Gasteiger partial charge is 0.431 e. The lowest BCUT2D eigenvalue weighted by atomic mass is 10.3. The smallest absolute Gasteiger partial charge is 0.284 e. The Labute approximate surface area is 105 Å². The van der Waals surface area contributed by atoms with Gasteiger partial charge in [0, 0.05) is 0 Å². The monoisotopic (exact) mass is 265 g/mol. The number of H-pyrrole nitrogens is 1. The van der Waals surface area contributed by atoms with Crippen LogP contribution in [-0.4, -0.2) is 15.2 Å². The zero-order valence-corrected chi connectivity index (χ0v) is 10.2. The van der Waals surface area contributed by atoms with Gasteiger partial charge in [0.25, 0.3) is 10.1 Å². The number of hydrogen-bond donors (Lipinski definition) is 1. The van der Waals surface area contributed by atoms with Gasteiger partial charge in [0.15, 0.2) is 5.58 Å². The number of oxazole rings is 1. The van der Waals surface area contributed by atoms with Crippen LogP contribution in [0.25, 0.3) is 11.1 Å². The van der Waals surface area contributed by atoms with Gasteiger partial charge in [-0.25, -0.2) is 10.1 Å². The molecule has 2 aromatic heterocycles. The topological polar surface area (TPSA) is 67.8 Å². The van der Waals surface area contributed by atoms with E-state index in [0.717, 1.165) is 11.1 Å². The van der Waals surface area contributed by atoms with E-state index in [9.17, 15) is 0 Å². The summed E-state index contributed by atoms with van der Waals surface area (Å²) in [6, 6.07) is 7.62. The second-order valence-electron chi connectivity index (χ2n) is 3.24. The first kappa shape index (κ1) is 10.5. The average Bonchev–Trinajstić information content (AvgIpc) is 2.91. The number of thioether (sulfide) groups is 1. The van der Waals surface area contributed by atoms with Gasteiger partial charge in [-0.1, -0.05) is 23.9 Å². The second-order valence-corrected chi connectivity index (χ2v) is 4.54. The first-order chi connectivity index (χ1) is 8.31. The lowest BCUT2D eigenvalue weighted by Crippen LogP contribution is -1.80. The van der Waals surface area contributed by atoms with Crippen LogP contribution in [0.3, 0.4) is 0 Å². The molecule has 3 aromatic rings. The maximum atomic E-state index is 5.54. The Morgan fingerprint density at radius 2 is 2.18 bits per heavy atom. The zero-order chi connectivity index (χ0) is 11.7. The number of benzene rings is 1. The summed E-state index contributed by atoms with van der Waals surface area (Å²) in [7, 11) is 0. The summed E-state index contributed by atoms with van der Waals surface area (Å²) in [5.41, 5.74) is 1.62. The van der Waals surface area contributed by atoms with Gasteiger partial charge in [0.2, 0.25) is 5.89 Å². The third-order valence-electron chi connectivity index (χ3n) is 2.08. The lowest BCUT2D eigenvalue weighted by Gasteiger charge is -1.89. The van der Waals surface area contributed by atoms with E-state index in [1.165, 1.54) is 11.8 Å². The van der Waals surface area contributed by atoms with Crippen molar-refractivity contribution in [1.82, 2.24) is 15.2 Å². The first-order valence-electron chi connectivity index (χ1n) is 4.84. The molecule has 0 aliphatic heterocycles. The third kappa shape index (κ3) is 2.25. The van der Waals surface area contributed by atoms with Crippen LogP contribution < -0.4 is 0 Å². The minimum atomic E-state index is 0.276. The molecular formula is C10H7N3O2S2. The molecule has 3 rings (SSSR count). The Morgan fingerprint density at radius 3 is 2.94 bits per heavy atom. The van der Waals surface area contributed by atoms with Crippen LogP contribution in [0.5, 0.6) is 0 Å². The SMILES string of the molecule is S=c1[nH]nc(CSc2nc3ccccc3o2)o1. The van der Waals surface area contributed by atoms with E-state index >= 15 is 0 Å². The summed E-state index contributed by atoms with van der Waals surface area (Å²) in [5, 5.41) is 7.06. The van der Waals surface area contributed by atoms with Crippen molar-refractivity contribution >= 4 is 35.1 Å². The van der Waals surface area contributed by atoms with Crippen molar-refractivity contribution in [3.8, 4) is 0 Å². The van der Waals surface area contributed by atoms with Gasteiger partial charge in [-0.05, 0) is 24.4 Å². The van der Waals surface area contributed by atoms with Crippen molar-refractivity contribution < 1.29 is 8.83 Å². The zero-order valence-electron chi connectivity index (χ0n) is 8.54. The normalized spacial score (nSPS) is 11.1. The van der Waals surface area contributed by atoms with Crippen LogP contribution in [0.2, 0.25) is 0 Å². The second kappa shape index (κ2) is 4.34. The standard InChI is InChI=1S/C10H7N3O2S2/c16-9-13-12-8(15-9)5-17-10-11-6-3-1-2-4-7(6)14-10/h1-4H,5H2,(H,13,16). The fourth-order valence-corrected chi connectivity index (χ4v) is 2.18. The predicted molar refractivity (Wildman–Crippen MR) is 65.3 cm³/mol. The molecule has 7 heteroatoms. The van der Waals surface area contributed by atoms with Crippen LogP contribution in [0.1, 0.15) is 5.89 Å². The van der Waals surface area contributed by atoms with Gasteiger partial charge in [-0.2, -0.15) is 0 Å². The molecule has 0 atom stereocenters. The molecule has 0 aliphatic rings. The molecule has 1 aromatic carbocycles. The molecule has 0 unspecified atom stereocenters. The van der Waals surface area contributed by atoms with E-state index in [1.807, 2.05) is 24.3 Å². The van der Waals surface area contributed by atoms with Gasteiger partial charge in [-0.3, -0.25) is 0 Å². The molecule has 0 bridgehead atoms. The third-order valence-corrected chi connectivity index (χ3v) is 3.06. The molecule has 2 heterocycles. The van der Waals surface area contributed by atoms with Crippen molar-refractivity contribution in [3.05, 3.63) is 35.0 Å². The van der Waals surface area contributed by atoms with E-state index in [-0.39, 0.29) is 4.84 Å². The van der Waals surface area contributed by atoms with Gasteiger partial charge in [0.1, 0.15) is 5.52 Å². The number of para-hydroxylation sites is 2. The minimum absolute atomic E-state index is 0.276. The quantitative estimate of drug-likeness (QED) is 0.579. The maximum Gasteiger partial charge on any atom is 0.284 e. The van der Waals surface area contributed by atoms with Gasteiger partial charge in [-0.15, -0.1) is 5.10 Å². The van der Waals surface area contributed by atoms with Crippen molar-refractivity contribution in [2.24, 2.45) is 0 Å². The van der Waals surface area contributed by atoms with Crippen molar-refractivity contribution in [3.63, 3.8) is 0 Å². The highest BCUT2D eigenvalue weighted by atomic mass is 32.2. The number of aromatic nitrogens is 3. The number of hydrogen-bond acceptors (Lipinski definition) is 6. The van der Waals surface area contributed by atoms with Crippen LogP contribution in [0.15, 0.2) is 38.3 Å². The Hall–Kier alpha value is -1.60. The van der Waals surface area contributed by atoms with E-state index in [1.54, 1.807) is 0 Å². The molecule has 86 valence electrons. The highest BCUT2D eigenvalue weighted by Crippen LogP contribution is 2.25. The summed E-state index contributed by atoms with van der Waals surface area (Å²) in [5.74, 6) is 1.06. The molecule has 0 aliphatic carbocycles. The summed E-state index contributed by atoms with van der Waals surface area (Å²) in [6.45, 7) is 0. The van der Waals surface area contributed by atoms with E-state index in [4.69, 9.17) is 21.1 Å². The molecule has 0 saturated carbocycles. The number of rotatable bonds is 3. The number of fused-ring (bicyclic) bond motifs is 1. The lowest BCUT2D eigenvalue weighted by molar-refractivity contribution is 0.483. The summed E-state index contributed by atoms with van der Waals surface area (Å²) in [4.78, 5) is 4.60. The predicted octanol–water partition coefficient (Wildman–Crippen LogP) is 3.17. The van der Waals surface area contributed by atoms with E-state index in [0.29, 0.717) is 16.9 Å². The highest BCUT2D eigenvalue weighted by molar-refractivity contribution is 7.98. The molecule has 0 spiro atoms. The Balaban J connectivity index is 1.78. The molecule has 0 saturated heterocycles. The summed E-state index contributed by atoms with van der Waals surface area (Å²) < 4.78 is 10.7. The fraction of sp³-hybridized carbons (Fsp3) is 0.100. The minimum Gasteiger partial charge on any atom is -0.431 e. The summed E-state index contributed by atoms with van der Waals surface area (Å²) in [6.07, 6.45) is 0. The van der Waals surface area contributed by atoms with Crippen LogP contribution in [0, 0.1) is 4.84 Å². The van der Waals surface area contributed by atoms with Crippen molar-refractivity contribution in [2.45, 2.75) is 11.0 Å². The number of aromatic amines is 1. The van der Waals surface area contributed by atoms with Gasteiger partial charge < -0.3 is 8.83 Å². The van der Waals surface area contributed by atoms with E-state index < -0.39 is 0 Å². The average molecular weight is 265 g/mol. The van der Waals surface area contributed by atoms with E-state index in [2.05, 4.69) is 15.2 Å². The Bertz CT molecular complexity index is 667. The molecule has 17 heavy (non-hydrogen) atoms. The molecule has 1 N–H and O–H groups in total. The molecule has 0 radical (unpaired) electrons. The molecule has 0 fully saturated rings. The van der Waals surface area contributed by atoms with Gasteiger partial charge >= 0.3 is 0 Å². The van der Waals surface area contributed by atoms with Crippen LogP contribution in [0.4, 0.5) is 0 Å². The fourth-order valence-electron chi connectivity index (χ4n) is 1.36. The summed E-state index contributed by atoms with van der Waals surface area (Å²) >= 11 is 6.20. The highest BCUT2D eigenvalue weighted by Gasteiger charge is 2.07. The molecule has 0 amide bonds. The maximum absolute atomic E-state index is 5.54. The Morgan fingerprint density at radius 1 is 1.29 bits per heavy atom. The van der Waals surface area contributed by atoms with Crippen LogP contribution in [-0.2, 0) is 5.75 Å².